The Kier molecular flexibility index (Phi) is 6.17. The molecule has 3 aromatic rings. The maximum absolute atomic E-state index is 12.0. The van der Waals surface area contributed by atoms with Gasteiger partial charge in [0, 0.05) is 5.69 Å². The van der Waals surface area contributed by atoms with Crippen molar-refractivity contribution in [2.45, 2.75) is 26.2 Å². The zero-order valence-corrected chi connectivity index (χ0v) is 16.9. The van der Waals surface area contributed by atoms with Crippen molar-refractivity contribution in [3.8, 4) is 5.75 Å². The molecule has 0 radical (unpaired) electrons. The van der Waals surface area contributed by atoms with Crippen LogP contribution in [0.1, 0.15) is 26.3 Å². The molecule has 0 fully saturated rings. The summed E-state index contributed by atoms with van der Waals surface area (Å²) in [4.78, 5) is 23.9. The molecule has 5 nitrogen and oxygen atoms in total. The number of carbonyl (C=O) groups is 2. The number of benzene rings is 3. The second kappa shape index (κ2) is 8.78. The first kappa shape index (κ1) is 20.4. The largest absolute Gasteiger partial charge is 0.482 e. The average Bonchev–Trinajstić information content (AvgIpc) is 2.70. The maximum atomic E-state index is 12.0. The van der Waals surface area contributed by atoms with E-state index in [1.165, 1.54) is 5.56 Å². The first-order chi connectivity index (χ1) is 13.8. The molecule has 0 heterocycles. The molecule has 0 aliphatic heterocycles. The van der Waals surface area contributed by atoms with Crippen molar-refractivity contribution in [3.05, 3.63) is 72.3 Å². The first-order valence-electron chi connectivity index (χ1n) is 9.49. The highest BCUT2D eigenvalue weighted by atomic mass is 16.6. The monoisotopic (exact) mass is 391 g/mol. The maximum Gasteiger partial charge on any atom is 0.344 e. The third-order valence-electron chi connectivity index (χ3n) is 4.48. The van der Waals surface area contributed by atoms with Crippen LogP contribution in [0.4, 0.5) is 5.69 Å². The molecule has 0 saturated heterocycles. The van der Waals surface area contributed by atoms with Gasteiger partial charge in [-0.15, -0.1) is 0 Å². The summed E-state index contributed by atoms with van der Waals surface area (Å²) >= 11 is 0. The standard InChI is InChI=1S/C24H25NO4/c1-24(2,3)19-9-11-20(12-10-19)25-22(26)15-29-23(27)16-28-21-13-8-17-6-4-5-7-18(17)14-21/h4-14H,15-16H2,1-3H3,(H,25,26). The molecule has 0 unspecified atom stereocenters. The number of carbonyl (C=O) groups excluding carboxylic acids is 2. The van der Waals surface area contributed by atoms with Crippen LogP contribution in [0.15, 0.2) is 66.7 Å². The van der Waals surface area contributed by atoms with E-state index >= 15 is 0 Å². The molecule has 1 amide bonds. The topological polar surface area (TPSA) is 64.6 Å². The molecule has 0 spiro atoms. The Morgan fingerprint density at radius 2 is 1.55 bits per heavy atom. The van der Waals surface area contributed by atoms with E-state index in [9.17, 15) is 9.59 Å². The van der Waals surface area contributed by atoms with Gasteiger partial charge in [-0.1, -0.05) is 63.2 Å². The van der Waals surface area contributed by atoms with Crippen LogP contribution in [0.5, 0.6) is 5.75 Å². The van der Waals surface area contributed by atoms with Crippen LogP contribution in [0, 0.1) is 0 Å². The van der Waals surface area contributed by atoms with Crippen molar-refractivity contribution in [1.29, 1.82) is 0 Å². The van der Waals surface area contributed by atoms with Gasteiger partial charge in [0.05, 0.1) is 0 Å². The van der Waals surface area contributed by atoms with Gasteiger partial charge in [-0.3, -0.25) is 4.79 Å². The second-order valence-electron chi connectivity index (χ2n) is 7.83. The van der Waals surface area contributed by atoms with Crippen LogP contribution >= 0.6 is 0 Å². The third kappa shape index (κ3) is 5.82. The Morgan fingerprint density at radius 3 is 2.24 bits per heavy atom. The molecule has 0 saturated carbocycles. The Bertz CT molecular complexity index is 1000. The fourth-order valence-electron chi connectivity index (χ4n) is 2.84. The summed E-state index contributed by atoms with van der Waals surface area (Å²) in [7, 11) is 0. The van der Waals surface area contributed by atoms with E-state index in [2.05, 4.69) is 26.1 Å². The van der Waals surface area contributed by atoms with E-state index in [4.69, 9.17) is 9.47 Å². The number of hydrogen-bond acceptors (Lipinski definition) is 4. The minimum atomic E-state index is -0.601. The Hall–Kier alpha value is -3.34. The minimum Gasteiger partial charge on any atom is -0.482 e. The molecule has 1 N–H and O–H groups in total. The lowest BCUT2D eigenvalue weighted by molar-refractivity contribution is -0.149. The predicted molar refractivity (Wildman–Crippen MR) is 114 cm³/mol. The van der Waals surface area contributed by atoms with Crippen molar-refractivity contribution < 1.29 is 19.1 Å². The van der Waals surface area contributed by atoms with Crippen molar-refractivity contribution >= 4 is 28.3 Å². The van der Waals surface area contributed by atoms with Crippen LogP contribution in [-0.2, 0) is 19.7 Å². The van der Waals surface area contributed by atoms with Crippen molar-refractivity contribution in [3.63, 3.8) is 0 Å². The van der Waals surface area contributed by atoms with E-state index in [-0.39, 0.29) is 18.6 Å². The normalized spacial score (nSPS) is 11.1. The smallest absolute Gasteiger partial charge is 0.344 e. The fraction of sp³-hybridized carbons (Fsp3) is 0.250. The van der Waals surface area contributed by atoms with Crippen LogP contribution in [0.3, 0.4) is 0 Å². The number of amides is 1. The molecule has 0 aliphatic rings. The fourth-order valence-corrected chi connectivity index (χ4v) is 2.84. The summed E-state index contributed by atoms with van der Waals surface area (Å²) in [5.74, 6) is -0.423. The van der Waals surface area contributed by atoms with Gasteiger partial charge >= 0.3 is 5.97 Å². The van der Waals surface area contributed by atoms with Gasteiger partial charge < -0.3 is 14.8 Å². The lowest BCUT2D eigenvalue weighted by Gasteiger charge is -2.19. The van der Waals surface area contributed by atoms with Crippen LogP contribution in [0.25, 0.3) is 10.8 Å². The van der Waals surface area contributed by atoms with E-state index in [1.807, 2.05) is 60.7 Å². The van der Waals surface area contributed by atoms with E-state index < -0.39 is 11.9 Å². The minimum absolute atomic E-state index is 0.0448. The zero-order chi connectivity index (χ0) is 20.9. The molecular formula is C24H25NO4. The number of fused-ring (bicyclic) bond motifs is 1. The molecule has 0 aromatic heterocycles. The Balaban J connectivity index is 1.44. The number of rotatable bonds is 6. The lowest BCUT2D eigenvalue weighted by Crippen LogP contribution is -2.23. The van der Waals surface area contributed by atoms with Crippen LogP contribution < -0.4 is 10.1 Å². The highest BCUT2D eigenvalue weighted by Gasteiger charge is 2.14. The number of nitrogens with one attached hydrogen (secondary N) is 1. The van der Waals surface area contributed by atoms with Crippen LogP contribution in [0.2, 0.25) is 0 Å². The summed E-state index contributed by atoms with van der Waals surface area (Å²) in [6.07, 6.45) is 0. The van der Waals surface area contributed by atoms with Crippen molar-refractivity contribution in [1.82, 2.24) is 0 Å². The van der Waals surface area contributed by atoms with E-state index in [0.717, 1.165) is 10.8 Å². The van der Waals surface area contributed by atoms with Gasteiger partial charge in [0.2, 0.25) is 0 Å². The molecule has 3 aromatic carbocycles. The summed E-state index contributed by atoms with van der Waals surface area (Å²) in [6.45, 7) is 5.76. The summed E-state index contributed by atoms with van der Waals surface area (Å²) in [5, 5.41) is 4.83. The molecule has 0 aliphatic carbocycles. The zero-order valence-electron chi connectivity index (χ0n) is 16.9. The lowest BCUT2D eigenvalue weighted by atomic mass is 9.87. The number of esters is 1. The summed E-state index contributed by atoms with van der Waals surface area (Å²) < 4.78 is 10.5. The molecule has 150 valence electrons. The van der Waals surface area contributed by atoms with Gasteiger partial charge in [-0.05, 0) is 46.0 Å². The number of hydrogen-bond donors (Lipinski definition) is 1. The molecular weight excluding hydrogens is 366 g/mol. The highest BCUT2D eigenvalue weighted by Crippen LogP contribution is 2.23. The molecule has 29 heavy (non-hydrogen) atoms. The molecule has 0 bridgehead atoms. The Labute approximate surface area is 170 Å². The van der Waals surface area contributed by atoms with Gasteiger partial charge in [0.25, 0.3) is 5.91 Å². The molecule has 0 atom stereocenters. The number of anilines is 1. The van der Waals surface area contributed by atoms with Gasteiger partial charge in [-0.2, -0.15) is 0 Å². The molecule has 3 rings (SSSR count). The average molecular weight is 391 g/mol. The SMILES string of the molecule is CC(C)(C)c1ccc(NC(=O)COC(=O)COc2ccc3ccccc3c2)cc1. The predicted octanol–water partition coefficient (Wildman–Crippen LogP) is 4.70. The summed E-state index contributed by atoms with van der Waals surface area (Å²) in [5.41, 5.74) is 1.88. The summed E-state index contributed by atoms with van der Waals surface area (Å²) in [6, 6.07) is 21.1. The van der Waals surface area contributed by atoms with E-state index in [0.29, 0.717) is 11.4 Å². The van der Waals surface area contributed by atoms with Crippen LogP contribution in [-0.4, -0.2) is 25.1 Å². The highest BCUT2D eigenvalue weighted by molar-refractivity contribution is 5.92. The van der Waals surface area contributed by atoms with Gasteiger partial charge in [0.15, 0.2) is 13.2 Å². The van der Waals surface area contributed by atoms with E-state index in [1.54, 1.807) is 6.07 Å². The molecule has 5 heteroatoms. The Morgan fingerprint density at radius 1 is 0.862 bits per heavy atom. The number of ether oxygens (including phenoxy) is 2. The van der Waals surface area contributed by atoms with Crippen molar-refractivity contribution in [2.75, 3.05) is 18.5 Å². The van der Waals surface area contributed by atoms with Gasteiger partial charge in [-0.25, -0.2) is 4.79 Å². The second-order valence-corrected chi connectivity index (χ2v) is 7.83. The first-order valence-corrected chi connectivity index (χ1v) is 9.49. The quantitative estimate of drug-likeness (QED) is 0.619. The van der Waals surface area contributed by atoms with Crippen molar-refractivity contribution in [2.24, 2.45) is 0 Å². The van der Waals surface area contributed by atoms with Gasteiger partial charge in [0.1, 0.15) is 5.75 Å². The third-order valence-corrected chi connectivity index (χ3v) is 4.48.